The van der Waals surface area contributed by atoms with Crippen LogP contribution in [0.1, 0.15) is 47.8 Å². The van der Waals surface area contributed by atoms with E-state index in [1.807, 2.05) is 49.6 Å². The lowest BCUT2D eigenvalue weighted by molar-refractivity contribution is 0.0940. The first-order valence-corrected chi connectivity index (χ1v) is 9.36. The molecule has 2 heterocycles. The van der Waals surface area contributed by atoms with E-state index < -0.39 is 0 Å². The minimum Gasteiger partial charge on any atom is -0.486 e. The molecule has 1 amide bonds. The molecule has 1 N–H and O–H groups in total. The predicted molar refractivity (Wildman–Crippen MR) is 101 cm³/mol. The summed E-state index contributed by atoms with van der Waals surface area (Å²) in [6.45, 7) is 3.08. The highest BCUT2D eigenvalue weighted by Crippen LogP contribution is 2.37. The van der Waals surface area contributed by atoms with Gasteiger partial charge in [0, 0.05) is 11.6 Å². The third-order valence-corrected chi connectivity index (χ3v) is 5.19. The smallest absolute Gasteiger partial charge is 0.251 e. The fourth-order valence-corrected chi connectivity index (χ4v) is 3.51. The van der Waals surface area contributed by atoms with Gasteiger partial charge in [0.25, 0.3) is 5.91 Å². The van der Waals surface area contributed by atoms with Crippen LogP contribution in [0.3, 0.4) is 0 Å². The maximum atomic E-state index is 12.7. The summed E-state index contributed by atoms with van der Waals surface area (Å²) in [6.07, 6.45) is 4.29. The molecule has 1 saturated carbocycles. The quantitative estimate of drug-likeness (QED) is 0.769. The van der Waals surface area contributed by atoms with Crippen LogP contribution in [0.25, 0.3) is 11.0 Å². The van der Waals surface area contributed by atoms with E-state index in [0.717, 1.165) is 28.1 Å². The van der Waals surface area contributed by atoms with Gasteiger partial charge in [-0.3, -0.25) is 4.79 Å². The summed E-state index contributed by atoms with van der Waals surface area (Å²) in [5, 5.41) is 3.06. The zero-order valence-electron chi connectivity index (χ0n) is 15.1. The van der Waals surface area contributed by atoms with Gasteiger partial charge >= 0.3 is 0 Å². The highest BCUT2D eigenvalue weighted by atomic mass is 16.6. The topological polar surface area (TPSA) is 65.4 Å². The third kappa shape index (κ3) is 3.01. The number of rotatable bonds is 4. The molecule has 1 fully saturated rings. The number of aromatic nitrogens is 2. The lowest BCUT2D eigenvalue weighted by Gasteiger charge is -2.21. The molecule has 0 saturated heterocycles. The first-order chi connectivity index (χ1) is 13.2. The summed E-state index contributed by atoms with van der Waals surface area (Å²) in [5.74, 6) is 1.37. The molecular weight excluding hydrogens is 342 g/mol. The number of nitrogens with one attached hydrogen (secondary N) is 1. The molecule has 6 heteroatoms. The molecule has 1 aromatic heterocycles. The molecule has 27 heavy (non-hydrogen) atoms. The van der Waals surface area contributed by atoms with E-state index in [4.69, 9.17) is 9.47 Å². The third-order valence-electron chi connectivity index (χ3n) is 5.19. The molecule has 0 unspecified atom stereocenters. The van der Waals surface area contributed by atoms with E-state index in [-0.39, 0.29) is 11.9 Å². The van der Waals surface area contributed by atoms with Crippen molar-refractivity contribution in [2.24, 2.45) is 0 Å². The van der Waals surface area contributed by atoms with E-state index in [1.165, 1.54) is 12.8 Å². The van der Waals surface area contributed by atoms with Gasteiger partial charge in [0.15, 0.2) is 11.5 Å². The van der Waals surface area contributed by atoms with Crippen LogP contribution in [-0.4, -0.2) is 28.7 Å². The maximum Gasteiger partial charge on any atom is 0.251 e. The van der Waals surface area contributed by atoms with Crippen LogP contribution < -0.4 is 14.8 Å². The fraction of sp³-hybridized carbons (Fsp3) is 0.333. The number of carbonyl (C=O) groups excluding carboxylic acids is 1. The van der Waals surface area contributed by atoms with Crippen LogP contribution in [0.2, 0.25) is 0 Å². The summed E-state index contributed by atoms with van der Waals surface area (Å²) in [6, 6.07) is 11.9. The van der Waals surface area contributed by atoms with Crippen LogP contribution in [0.5, 0.6) is 11.5 Å². The Labute approximate surface area is 157 Å². The second-order valence-corrected chi connectivity index (χ2v) is 7.18. The number of hydrogen-bond donors (Lipinski definition) is 1. The summed E-state index contributed by atoms with van der Waals surface area (Å²) < 4.78 is 13.4. The molecule has 0 bridgehead atoms. The molecule has 2 aromatic carbocycles. The van der Waals surface area contributed by atoms with Gasteiger partial charge in [-0.05, 0) is 55.7 Å². The number of carbonyl (C=O) groups is 1. The number of ether oxygens (including phenoxy) is 2. The van der Waals surface area contributed by atoms with Crippen molar-refractivity contribution in [1.29, 1.82) is 0 Å². The van der Waals surface area contributed by atoms with Crippen molar-refractivity contribution in [3.05, 3.63) is 53.9 Å². The minimum atomic E-state index is -0.145. The number of nitrogens with zero attached hydrogens (tertiary/aromatic N) is 2. The molecule has 5 rings (SSSR count). The predicted octanol–water partition coefficient (Wildman–Crippen LogP) is 3.63. The Balaban J connectivity index is 1.34. The van der Waals surface area contributed by atoms with Crippen LogP contribution in [0, 0.1) is 0 Å². The Hall–Kier alpha value is -3.02. The van der Waals surface area contributed by atoms with Gasteiger partial charge in [-0.25, -0.2) is 4.98 Å². The average molecular weight is 363 g/mol. The Bertz CT molecular complexity index is 1020. The molecule has 2 aliphatic rings. The Kier molecular flexibility index (Phi) is 3.77. The molecule has 1 atom stereocenters. The molecule has 6 nitrogen and oxygen atoms in total. The molecule has 1 aliphatic heterocycles. The Morgan fingerprint density at radius 1 is 1.15 bits per heavy atom. The van der Waals surface area contributed by atoms with E-state index in [0.29, 0.717) is 24.8 Å². The highest BCUT2D eigenvalue weighted by molar-refractivity contribution is 5.97. The average Bonchev–Trinajstić information content (AvgIpc) is 3.46. The zero-order chi connectivity index (χ0) is 18.4. The molecule has 138 valence electrons. The fourth-order valence-electron chi connectivity index (χ4n) is 3.51. The maximum absolute atomic E-state index is 12.7. The first-order valence-electron chi connectivity index (χ1n) is 9.36. The largest absolute Gasteiger partial charge is 0.486 e. The van der Waals surface area contributed by atoms with Crippen molar-refractivity contribution in [3.63, 3.8) is 0 Å². The molecule has 0 spiro atoms. The van der Waals surface area contributed by atoms with Crippen molar-refractivity contribution >= 4 is 16.9 Å². The van der Waals surface area contributed by atoms with Gasteiger partial charge in [-0.2, -0.15) is 0 Å². The standard InChI is InChI=1S/C21H21N3O3/c1-13(14-3-7-19-20(11-14)27-9-8-26-19)23-21(25)15-2-6-18-17(10-15)22-12-24(18)16-4-5-16/h2-3,6-7,10-13,16H,4-5,8-9H2,1H3,(H,23,25)/t13-/m0/s1. The van der Waals surface area contributed by atoms with Crippen LogP contribution >= 0.6 is 0 Å². The molecule has 1 aliphatic carbocycles. The summed E-state index contributed by atoms with van der Waals surface area (Å²) >= 11 is 0. The zero-order valence-corrected chi connectivity index (χ0v) is 15.1. The molecule has 3 aromatic rings. The van der Waals surface area contributed by atoms with E-state index >= 15 is 0 Å². The van der Waals surface area contributed by atoms with Gasteiger partial charge in [-0.1, -0.05) is 6.07 Å². The molecular formula is C21H21N3O3. The lowest BCUT2D eigenvalue weighted by atomic mass is 10.1. The first kappa shape index (κ1) is 16.2. The second-order valence-electron chi connectivity index (χ2n) is 7.18. The van der Waals surface area contributed by atoms with E-state index in [2.05, 4.69) is 14.9 Å². The van der Waals surface area contributed by atoms with Crippen LogP contribution in [0.4, 0.5) is 0 Å². The summed E-state index contributed by atoms with van der Waals surface area (Å²) in [7, 11) is 0. The Morgan fingerprint density at radius 2 is 1.96 bits per heavy atom. The number of imidazole rings is 1. The van der Waals surface area contributed by atoms with Crippen LogP contribution in [0.15, 0.2) is 42.7 Å². The van der Waals surface area contributed by atoms with Crippen LogP contribution in [-0.2, 0) is 0 Å². The number of amides is 1. The van der Waals surface area contributed by atoms with E-state index in [9.17, 15) is 4.79 Å². The monoisotopic (exact) mass is 363 g/mol. The summed E-state index contributed by atoms with van der Waals surface area (Å²) in [5.41, 5.74) is 3.55. The van der Waals surface area contributed by atoms with Crippen molar-refractivity contribution < 1.29 is 14.3 Å². The Morgan fingerprint density at radius 3 is 2.78 bits per heavy atom. The van der Waals surface area contributed by atoms with Crippen molar-refractivity contribution in [3.8, 4) is 11.5 Å². The minimum absolute atomic E-state index is 0.111. The van der Waals surface area contributed by atoms with E-state index in [1.54, 1.807) is 0 Å². The normalized spacial score (nSPS) is 16.9. The SMILES string of the molecule is C[C@H](NC(=O)c1ccc2c(c1)ncn2C1CC1)c1ccc2c(c1)OCCO2. The summed E-state index contributed by atoms with van der Waals surface area (Å²) in [4.78, 5) is 17.2. The van der Waals surface area contributed by atoms with Gasteiger partial charge in [-0.15, -0.1) is 0 Å². The highest BCUT2D eigenvalue weighted by Gasteiger charge is 2.25. The second kappa shape index (κ2) is 6.30. The van der Waals surface area contributed by atoms with Gasteiger partial charge < -0.3 is 19.4 Å². The van der Waals surface area contributed by atoms with Gasteiger partial charge in [0.2, 0.25) is 0 Å². The molecule has 0 radical (unpaired) electrons. The van der Waals surface area contributed by atoms with Crippen molar-refractivity contribution in [2.45, 2.75) is 31.8 Å². The van der Waals surface area contributed by atoms with Crippen molar-refractivity contribution in [2.75, 3.05) is 13.2 Å². The van der Waals surface area contributed by atoms with Crippen molar-refractivity contribution in [1.82, 2.24) is 14.9 Å². The number of fused-ring (bicyclic) bond motifs is 2. The van der Waals surface area contributed by atoms with Gasteiger partial charge in [0.05, 0.1) is 23.4 Å². The number of hydrogen-bond acceptors (Lipinski definition) is 4. The number of benzene rings is 2. The van der Waals surface area contributed by atoms with Gasteiger partial charge in [0.1, 0.15) is 13.2 Å². The lowest BCUT2D eigenvalue weighted by Crippen LogP contribution is -2.26.